The smallest absolute Gasteiger partial charge is 0.0317 e. The number of benzene rings is 2. The maximum absolute atomic E-state index is 5.89. The Hall–Kier alpha value is -1.51. The number of likely N-dealkylation sites (tertiary alicyclic amines) is 1. The summed E-state index contributed by atoms with van der Waals surface area (Å²) in [5.41, 5.74) is 11.0. The zero-order valence-electron chi connectivity index (χ0n) is 13.3. The number of halogens is 1. The molecule has 0 aromatic heterocycles. The minimum absolute atomic E-state index is 0. The van der Waals surface area contributed by atoms with Crippen LogP contribution in [0.5, 0.6) is 0 Å². The van der Waals surface area contributed by atoms with Gasteiger partial charge in [0.15, 0.2) is 0 Å². The molecular weight excluding hydrogens is 292 g/mol. The summed E-state index contributed by atoms with van der Waals surface area (Å²) < 4.78 is 0. The van der Waals surface area contributed by atoms with Crippen molar-refractivity contribution in [2.75, 3.05) is 12.3 Å². The largest absolute Gasteiger partial charge is 0.399 e. The summed E-state index contributed by atoms with van der Waals surface area (Å²) in [6.07, 6.45) is 1.24. The Kier molecular flexibility index (Phi) is 5.49. The van der Waals surface area contributed by atoms with Gasteiger partial charge in [0.1, 0.15) is 0 Å². The second-order valence-electron chi connectivity index (χ2n) is 6.31. The van der Waals surface area contributed by atoms with Crippen molar-refractivity contribution in [3.63, 3.8) is 0 Å². The van der Waals surface area contributed by atoms with Crippen molar-refractivity contribution >= 4 is 18.1 Å². The normalized spacial score (nSPS) is 21.5. The van der Waals surface area contributed by atoms with Crippen molar-refractivity contribution in [2.45, 2.75) is 38.8 Å². The van der Waals surface area contributed by atoms with Crippen LogP contribution in [0.3, 0.4) is 0 Å². The summed E-state index contributed by atoms with van der Waals surface area (Å²) in [6, 6.07) is 17.7. The molecule has 0 aliphatic carbocycles. The van der Waals surface area contributed by atoms with Crippen LogP contribution < -0.4 is 5.73 Å². The van der Waals surface area contributed by atoms with Gasteiger partial charge in [0.05, 0.1) is 0 Å². The summed E-state index contributed by atoms with van der Waals surface area (Å²) in [4.78, 5) is 2.58. The molecule has 0 amide bonds. The predicted octanol–water partition coefficient (Wildman–Crippen LogP) is 4.38. The molecule has 1 fully saturated rings. The highest BCUT2D eigenvalue weighted by Gasteiger charge is 2.30. The number of anilines is 1. The van der Waals surface area contributed by atoms with Gasteiger partial charge in [0.2, 0.25) is 0 Å². The molecule has 1 saturated heterocycles. The predicted molar refractivity (Wildman–Crippen MR) is 96.5 cm³/mol. The van der Waals surface area contributed by atoms with Crippen LogP contribution in [0.1, 0.15) is 36.0 Å². The van der Waals surface area contributed by atoms with Crippen LogP contribution in [-0.2, 0) is 6.54 Å². The van der Waals surface area contributed by atoms with Gasteiger partial charge in [-0.2, -0.15) is 0 Å². The van der Waals surface area contributed by atoms with Gasteiger partial charge in [-0.1, -0.05) is 36.4 Å². The number of hydrogen-bond donors (Lipinski definition) is 1. The summed E-state index contributed by atoms with van der Waals surface area (Å²) >= 11 is 0. The fourth-order valence-corrected chi connectivity index (χ4v) is 3.51. The SMILES string of the molecule is Cc1ccccc1C1CC(C)N(Cc2cccc(N)c2)C1.Cl. The first-order chi connectivity index (χ1) is 10.1. The van der Waals surface area contributed by atoms with E-state index < -0.39 is 0 Å². The van der Waals surface area contributed by atoms with Crippen LogP contribution in [0, 0.1) is 6.92 Å². The summed E-state index contributed by atoms with van der Waals surface area (Å²) in [5.74, 6) is 0.655. The fraction of sp³-hybridized carbons (Fsp3) is 0.368. The number of nitrogen functional groups attached to an aromatic ring is 1. The summed E-state index contributed by atoms with van der Waals surface area (Å²) in [6.45, 7) is 6.69. The van der Waals surface area contributed by atoms with Gasteiger partial charge in [-0.15, -0.1) is 12.4 Å². The second kappa shape index (κ2) is 7.17. The maximum atomic E-state index is 5.89. The molecule has 1 heterocycles. The molecule has 3 rings (SSSR count). The molecule has 0 saturated carbocycles. The summed E-state index contributed by atoms with van der Waals surface area (Å²) in [5, 5.41) is 0. The Morgan fingerprint density at radius 2 is 1.91 bits per heavy atom. The average Bonchev–Trinajstić information content (AvgIpc) is 2.80. The number of rotatable bonds is 3. The molecule has 0 radical (unpaired) electrons. The maximum Gasteiger partial charge on any atom is 0.0317 e. The van der Waals surface area contributed by atoms with Gasteiger partial charge >= 0.3 is 0 Å². The molecule has 1 aliphatic heterocycles. The lowest BCUT2D eigenvalue weighted by Gasteiger charge is -2.21. The lowest BCUT2D eigenvalue weighted by molar-refractivity contribution is 0.259. The first-order valence-corrected chi connectivity index (χ1v) is 7.77. The molecule has 2 nitrogen and oxygen atoms in total. The van der Waals surface area contributed by atoms with Gasteiger partial charge in [-0.25, -0.2) is 0 Å². The Bertz CT molecular complexity index is 626. The van der Waals surface area contributed by atoms with Crippen LogP contribution in [0.25, 0.3) is 0 Å². The molecular formula is C19H25ClN2. The monoisotopic (exact) mass is 316 g/mol. The molecule has 2 atom stereocenters. The van der Waals surface area contributed by atoms with E-state index in [0.29, 0.717) is 12.0 Å². The Morgan fingerprint density at radius 3 is 2.64 bits per heavy atom. The van der Waals surface area contributed by atoms with Crippen LogP contribution >= 0.6 is 12.4 Å². The first kappa shape index (κ1) is 16.9. The van der Waals surface area contributed by atoms with Crippen LogP contribution in [0.4, 0.5) is 5.69 Å². The van der Waals surface area contributed by atoms with E-state index >= 15 is 0 Å². The van der Waals surface area contributed by atoms with E-state index in [4.69, 9.17) is 5.73 Å². The first-order valence-electron chi connectivity index (χ1n) is 7.77. The van der Waals surface area contributed by atoms with E-state index in [1.54, 1.807) is 0 Å². The molecule has 2 aromatic carbocycles. The topological polar surface area (TPSA) is 29.3 Å². The molecule has 1 aliphatic rings. The van der Waals surface area contributed by atoms with Crippen molar-refractivity contribution in [1.82, 2.24) is 4.90 Å². The minimum Gasteiger partial charge on any atom is -0.399 e. The van der Waals surface area contributed by atoms with Crippen molar-refractivity contribution in [1.29, 1.82) is 0 Å². The van der Waals surface area contributed by atoms with E-state index in [0.717, 1.165) is 18.8 Å². The van der Waals surface area contributed by atoms with Crippen LogP contribution in [0.2, 0.25) is 0 Å². The molecule has 2 unspecified atom stereocenters. The molecule has 118 valence electrons. The van der Waals surface area contributed by atoms with E-state index in [1.807, 2.05) is 12.1 Å². The number of nitrogens with two attached hydrogens (primary N) is 1. The third-order valence-corrected chi connectivity index (χ3v) is 4.67. The molecule has 0 spiro atoms. The van der Waals surface area contributed by atoms with Gasteiger partial charge in [-0.3, -0.25) is 4.90 Å². The minimum atomic E-state index is 0. The highest BCUT2D eigenvalue weighted by atomic mass is 35.5. The third kappa shape index (κ3) is 3.63. The van der Waals surface area contributed by atoms with Crippen molar-refractivity contribution < 1.29 is 0 Å². The van der Waals surface area contributed by atoms with E-state index in [9.17, 15) is 0 Å². The second-order valence-corrected chi connectivity index (χ2v) is 6.31. The standard InChI is InChI=1S/C19H24N2.ClH/c1-14-6-3-4-9-19(14)17-10-15(2)21(13-17)12-16-7-5-8-18(20)11-16;/h3-9,11,15,17H,10,12-13,20H2,1-2H3;1H. The molecule has 22 heavy (non-hydrogen) atoms. The lowest BCUT2D eigenvalue weighted by Crippen LogP contribution is -2.26. The lowest BCUT2D eigenvalue weighted by atomic mass is 9.93. The Labute approximate surface area is 139 Å². The number of hydrogen-bond acceptors (Lipinski definition) is 2. The zero-order chi connectivity index (χ0) is 14.8. The van der Waals surface area contributed by atoms with Gasteiger partial charge in [-0.05, 0) is 55.0 Å². The van der Waals surface area contributed by atoms with Crippen LogP contribution in [-0.4, -0.2) is 17.5 Å². The van der Waals surface area contributed by atoms with Crippen molar-refractivity contribution in [3.8, 4) is 0 Å². The quantitative estimate of drug-likeness (QED) is 0.852. The highest BCUT2D eigenvalue weighted by molar-refractivity contribution is 5.85. The fourth-order valence-electron chi connectivity index (χ4n) is 3.51. The van der Waals surface area contributed by atoms with Crippen molar-refractivity contribution in [2.24, 2.45) is 0 Å². The number of nitrogens with zero attached hydrogens (tertiary/aromatic N) is 1. The van der Waals surface area contributed by atoms with Crippen molar-refractivity contribution in [3.05, 3.63) is 65.2 Å². The third-order valence-electron chi connectivity index (χ3n) is 4.67. The van der Waals surface area contributed by atoms with Gasteiger partial charge in [0, 0.05) is 24.8 Å². The zero-order valence-corrected chi connectivity index (χ0v) is 14.1. The highest BCUT2D eigenvalue weighted by Crippen LogP contribution is 2.34. The molecule has 2 aromatic rings. The Balaban J connectivity index is 0.00000176. The Morgan fingerprint density at radius 1 is 1.14 bits per heavy atom. The molecule has 3 heteroatoms. The average molecular weight is 317 g/mol. The molecule has 0 bridgehead atoms. The van der Waals surface area contributed by atoms with Gasteiger partial charge < -0.3 is 5.73 Å². The molecule has 2 N–H and O–H groups in total. The number of aryl methyl sites for hydroxylation is 1. The van der Waals surface area contributed by atoms with E-state index in [2.05, 4.69) is 55.1 Å². The van der Waals surface area contributed by atoms with Gasteiger partial charge in [0.25, 0.3) is 0 Å². The summed E-state index contributed by atoms with van der Waals surface area (Å²) in [7, 11) is 0. The van der Waals surface area contributed by atoms with E-state index in [-0.39, 0.29) is 12.4 Å². The van der Waals surface area contributed by atoms with E-state index in [1.165, 1.54) is 23.1 Å². The van der Waals surface area contributed by atoms with Crippen LogP contribution in [0.15, 0.2) is 48.5 Å².